The first-order chi connectivity index (χ1) is 6.45. The molecule has 6 heteroatoms. The van der Waals surface area contributed by atoms with E-state index < -0.39 is 16.6 Å². The molecule has 0 aromatic carbocycles. The Morgan fingerprint density at radius 3 is 1.79 bits per heavy atom. The van der Waals surface area contributed by atoms with Crippen LogP contribution < -0.4 is 0 Å². The third-order valence-corrected chi connectivity index (χ3v) is 1.86. The number of hydrogen-bond donors (Lipinski definition) is 0. The summed E-state index contributed by atoms with van der Waals surface area (Å²) in [5.74, 6) is -1.33. The molecule has 0 N–H and O–H groups in total. The highest BCUT2D eigenvalue weighted by molar-refractivity contribution is 6.61. The summed E-state index contributed by atoms with van der Waals surface area (Å²) >= 11 is 10.1. The maximum atomic E-state index is 10.6. The van der Waals surface area contributed by atoms with Gasteiger partial charge in [0.15, 0.2) is 0 Å². The van der Waals surface area contributed by atoms with Crippen LogP contribution in [0.3, 0.4) is 0 Å². The van der Waals surface area contributed by atoms with Gasteiger partial charge in [-0.3, -0.25) is 0 Å². The van der Waals surface area contributed by atoms with Crippen molar-refractivity contribution in [3.63, 3.8) is 0 Å². The fourth-order valence-corrected chi connectivity index (χ4v) is 1.40. The lowest BCUT2D eigenvalue weighted by molar-refractivity contribution is -0.157. The summed E-state index contributed by atoms with van der Waals surface area (Å²) in [7, 11) is 0. The van der Waals surface area contributed by atoms with E-state index in [0.717, 1.165) is 0 Å². The van der Waals surface area contributed by atoms with Crippen molar-refractivity contribution in [1.29, 1.82) is 0 Å². The standard InChI is InChI=1S/C8H12Cl2O4/c1-3-5-8(4-2,13-6(9)11)14-7(10)12/h3-5H2,1-2H3. The molecule has 0 saturated carbocycles. The molecule has 0 spiro atoms. The molecule has 0 heterocycles. The van der Waals surface area contributed by atoms with Crippen LogP contribution in [0.25, 0.3) is 0 Å². The van der Waals surface area contributed by atoms with Crippen molar-refractivity contribution < 1.29 is 19.1 Å². The molecule has 0 aliphatic carbocycles. The van der Waals surface area contributed by atoms with E-state index in [9.17, 15) is 9.59 Å². The summed E-state index contributed by atoms with van der Waals surface area (Å²) in [5.41, 5.74) is -2.03. The summed E-state index contributed by atoms with van der Waals surface area (Å²) in [6.07, 6.45) is 1.33. The topological polar surface area (TPSA) is 52.6 Å². The van der Waals surface area contributed by atoms with Gasteiger partial charge in [-0.25, -0.2) is 9.59 Å². The summed E-state index contributed by atoms with van der Waals surface area (Å²) in [6, 6.07) is 0. The van der Waals surface area contributed by atoms with Gasteiger partial charge in [-0.1, -0.05) is 13.8 Å². The van der Waals surface area contributed by atoms with Gasteiger partial charge in [-0.2, -0.15) is 0 Å². The minimum Gasteiger partial charge on any atom is -0.410 e. The maximum Gasteiger partial charge on any atom is 0.407 e. The molecule has 0 aromatic heterocycles. The molecule has 0 aliphatic heterocycles. The van der Waals surface area contributed by atoms with Crippen LogP contribution in [0.2, 0.25) is 0 Å². The van der Waals surface area contributed by atoms with E-state index in [2.05, 4.69) is 0 Å². The average molecular weight is 243 g/mol. The molecule has 0 rings (SSSR count). The molecular formula is C8H12Cl2O4. The first kappa shape index (κ1) is 13.5. The van der Waals surface area contributed by atoms with Gasteiger partial charge in [0.05, 0.1) is 0 Å². The first-order valence-corrected chi connectivity index (χ1v) is 4.98. The fraction of sp³-hybridized carbons (Fsp3) is 0.750. The van der Waals surface area contributed by atoms with Crippen molar-refractivity contribution in [2.75, 3.05) is 0 Å². The number of carbonyl (C=O) groups is 2. The van der Waals surface area contributed by atoms with Crippen LogP contribution in [-0.2, 0) is 9.47 Å². The molecule has 0 saturated heterocycles. The third kappa shape index (κ3) is 4.67. The Kier molecular flexibility index (Phi) is 5.88. The lowest BCUT2D eigenvalue weighted by atomic mass is 10.1. The predicted octanol–water partition coefficient (Wildman–Crippen LogP) is 3.64. The molecule has 0 atom stereocenters. The zero-order valence-corrected chi connectivity index (χ0v) is 9.52. The lowest BCUT2D eigenvalue weighted by Crippen LogP contribution is -2.37. The highest BCUT2D eigenvalue weighted by Crippen LogP contribution is 2.26. The van der Waals surface area contributed by atoms with Crippen LogP contribution in [0.15, 0.2) is 0 Å². The van der Waals surface area contributed by atoms with E-state index in [1.807, 2.05) is 6.92 Å². The molecule has 0 bridgehead atoms. The van der Waals surface area contributed by atoms with Gasteiger partial charge in [0, 0.05) is 36.0 Å². The molecule has 82 valence electrons. The SMILES string of the molecule is CCCC(CC)(OC(=O)Cl)OC(=O)Cl. The van der Waals surface area contributed by atoms with Crippen LogP contribution in [0.4, 0.5) is 9.59 Å². The van der Waals surface area contributed by atoms with Crippen LogP contribution >= 0.6 is 23.2 Å². The van der Waals surface area contributed by atoms with E-state index in [1.54, 1.807) is 6.92 Å². The van der Waals surface area contributed by atoms with E-state index in [0.29, 0.717) is 19.3 Å². The van der Waals surface area contributed by atoms with Crippen LogP contribution in [0.1, 0.15) is 33.1 Å². The number of carbonyl (C=O) groups excluding carboxylic acids is 2. The van der Waals surface area contributed by atoms with Gasteiger partial charge >= 0.3 is 10.9 Å². The summed E-state index contributed by atoms with van der Waals surface area (Å²) in [6.45, 7) is 3.56. The van der Waals surface area contributed by atoms with Crippen molar-refractivity contribution in [1.82, 2.24) is 0 Å². The highest BCUT2D eigenvalue weighted by atomic mass is 35.5. The zero-order valence-electron chi connectivity index (χ0n) is 8.01. The molecular weight excluding hydrogens is 231 g/mol. The number of rotatable bonds is 5. The Morgan fingerprint density at radius 1 is 1.14 bits per heavy atom. The van der Waals surface area contributed by atoms with Gasteiger partial charge in [0.1, 0.15) is 0 Å². The average Bonchev–Trinajstić information content (AvgIpc) is 2.02. The Hall–Kier alpha value is -0.480. The second kappa shape index (κ2) is 6.09. The van der Waals surface area contributed by atoms with Crippen LogP contribution in [-0.4, -0.2) is 16.6 Å². The van der Waals surface area contributed by atoms with E-state index in [4.69, 9.17) is 32.7 Å². The van der Waals surface area contributed by atoms with E-state index in [-0.39, 0.29) is 0 Å². The Bertz CT molecular complexity index is 201. The Balaban J connectivity index is 4.58. The molecule has 0 fully saturated rings. The Labute approximate surface area is 92.5 Å². The Morgan fingerprint density at radius 2 is 1.57 bits per heavy atom. The van der Waals surface area contributed by atoms with Crippen molar-refractivity contribution in [3.05, 3.63) is 0 Å². The second-order valence-electron chi connectivity index (χ2n) is 2.69. The highest BCUT2D eigenvalue weighted by Gasteiger charge is 2.35. The van der Waals surface area contributed by atoms with E-state index in [1.165, 1.54) is 0 Å². The number of hydrogen-bond acceptors (Lipinski definition) is 4. The third-order valence-electron chi connectivity index (χ3n) is 1.70. The summed E-state index contributed by atoms with van der Waals surface area (Å²) < 4.78 is 9.47. The molecule has 14 heavy (non-hydrogen) atoms. The predicted molar refractivity (Wildman–Crippen MR) is 52.6 cm³/mol. The molecule has 4 nitrogen and oxygen atoms in total. The molecule has 0 amide bonds. The van der Waals surface area contributed by atoms with Gasteiger partial charge in [0.2, 0.25) is 0 Å². The van der Waals surface area contributed by atoms with Gasteiger partial charge < -0.3 is 9.47 Å². The molecule has 0 aromatic rings. The van der Waals surface area contributed by atoms with Gasteiger partial charge in [0.25, 0.3) is 5.79 Å². The minimum absolute atomic E-state index is 0.303. The van der Waals surface area contributed by atoms with Crippen molar-refractivity contribution in [2.45, 2.75) is 38.9 Å². The summed E-state index contributed by atoms with van der Waals surface area (Å²) in [5, 5.41) is 0. The molecule has 0 radical (unpaired) electrons. The largest absolute Gasteiger partial charge is 0.410 e. The van der Waals surface area contributed by atoms with Crippen molar-refractivity contribution >= 4 is 34.1 Å². The lowest BCUT2D eigenvalue weighted by Gasteiger charge is -2.29. The number of ether oxygens (including phenoxy) is 2. The summed E-state index contributed by atoms with van der Waals surface area (Å²) in [4.78, 5) is 21.2. The smallest absolute Gasteiger partial charge is 0.407 e. The minimum atomic E-state index is -1.33. The molecule has 0 unspecified atom stereocenters. The maximum absolute atomic E-state index is 10.6. The van der Waals surface area contributed by atoms with Crippen LogP contribution in [0.5, 0.6) is 0 Å². The van der Waals surface area contributed by atoms with Crippen molar-refractivity contribution in [2.24, 2.45) is 0 Å². The van der Waals surface area contributed by atoms with Crippen LogP contribution in [0, 0.1) is 0 Å². The first-order valence-electron chi connectivity index (χ1n) is 4.22. The quantitative estimate of drug-likeness (QED) is 0.546. The zero-order chi connectivity index (χ0) is 11.2. The van der Waals surface area contributed by atoms with Gasteiger partial charge in [-0.05, 0) is 6.42 Å². The van der Waals surface area contributed by atoms with Gasteiger partial charge in [-0.15, -0.1) is 0 Å². The second-order valence-corrected chi connectivity index (χ2v) is 3.31. The normalized spacial score (nSPS) is 10.9. The molecule has 0 aliphatic rings. The monoisotopic (exact) mass is 242 g/mol. The number of halogens is 2. The van der Waals surface area contributed by atoms with E-state index >= 15 is 0 Å². The van der Waals surface area contributed by atoms with Crippen molar-refractivity contribution in [3.8, 4) is 0 Å². The fourth-order valence-electron chi connectivity index (χ4n) is 1.12.